The van der Waals surface area contributed by atoms with Crippen molar-refractivity contribution >= 4 is 23.3 Å². The van der Waals surface area contributed by atoms with E-state index in [-0.39, 0.29) is 12.1 Å². The second-order valence-electron chi connectivity index (χ2n) is 6.63. The van der Waals surface area contributed by atoms with Crippen LogP contribution in [-0.4, -0.2) is 15.5 Å². The van der Waals surface area contributed by atoms with Crippen molar-refractivity contribution in [3.8, 4) is 5.69 Å². The van der Waals surface area contributed by atoms with Crippen LogP contribution in [0.15, 0.2) is 60.8 Å². The number of carbonyl (C=O) groups excluding carboxylic acids is 1. The van der Waals surface area contributed by atoms with E-state index in [0.29, 0.717) is 11.6 Å². The summed E-state index contributed by atoms with van der Waals surface area (Å²) in [5, 5.41) is 3.63. The minimum absolute atomic E-state index is 0.0584. The molecule has 1 atom stereocenters. The van der Waals surface area contributed by atoms with Crippen molar-refractivity contribution in [2.75, 3.05) is 5.32 Å². The van der Waals surface area contributed by atoms with Crippen molar-refractivity contribution < 1.29 is 4.79 Å². The number of hydrogen-bond acceptors (Lipinski definition) is 1. The number of rotatable bonds is 1. The summed E-state index contributed by atoms with van der Waals surface area (Å²) in [5.41, 5.74) is 5.05. The predicted molar refractivity (Wildman–Crippen MR) is 105 cm³/mol. The van der Waals surface area contributed by atoms with Gasteiger partial charge in [-0.15, -0.1) is 0 Å². The van der Waals surface area contributed by atoms with Gasteiger partial charge in [-0.2, -0.15) is 0 Å². The van der Waals surface area contributed by atoms with Gasteiger partial charge in [0.1, 0.15) is 0 Å². The summed E-state index contributed by atoms with van der Waals surface area (Å²) >= 11 is 6.09. The average molecular weight is 366 g/mol. The highest BCUT2D eigenvalue weighted by molar-refractivity contribution is 6.31. The number of nitrogens with one attached hydrogen (secondary N) is 1. The van der Waals surface area contributed by atoms with Crippen LogP contribution < -0.4 is 5.32 Å². The molecule has 0 radical (unpaired) electrons. The molecular formula is C21H20ClN3O. The highest BCUT2D eigenvalue weighted by Gasteiger charge is 2.28. The summed E-state index contributed by atoms with van der Waals surface area (Å²) < 4.78 is 2.16. The number of aromatic nitrogens is 1. The van der Waals surface area contributed by atoms with Gasteiger partial charge in [-0.05, 0) is 55.3 Å². The van der Waals surface area contributed by atoms with Crippen molar-refractivity contribution in [2.45, 2.75) is 26.4 Å². The van der Waals surface area contributed by atoms with Gasteiger partial charge in [-0.25, -0.2) is 4.79 Å². The molecule has 1 N–H and O–H groups in total. The monoisotopic (exact) mass is 365 g/mol. The molecule has 132 valence electrons. The maximum absolute atomic E-state index is 13.1. The summed E-state index contributed by atoms with van der Waals surface area (Å²) in [6.07, 6.45) is 2.05. The van der Waals surface area contributed by atoms with Crippen LogP contribution in [-0.2, 0) is 6.54 Å². The minimum atomic E-state index is -0.132. The number of amides is 2. The van der Waals surface area contributed by atoms with E-state index in [0.717, 1.165) is 28.2 Å². The van der Waals surface area contributed by atoms with Gasteiger partial charge >= 0.3 is 6.03 Å². The first-order valence-electron chi connectivity index (χ1n) is 8.64. The molecular weight excluding hydrogens is 346 g/mol. The Bertz CT molecular complexity index is 979. The lowest BCUT2D eigenvalue weighted by molar-refractivity contribution is 0.189. The number of hydrogen-bond donors (Lipinski definition) is 1. The Labute approximate surface area is 158 Å². The molecule has 0 bridgehead atoms. The van der Waals surface area contributed by atoms with Crippen molar-refractivity contribution in [2.24, 2.45) is 0 Å². The molecule has 2 amide bonds. The minimum Gasteiger partial charge on any atom is -0.318 e. The number of carbonyl (C=O) groups is 1. The zero-order chi connectivity index (χ0) is 18.3. The summed E-state index contributed by atoms with van der Waals surface area (Å²) in [5.74, 6) is 0. The summed E-state index contributed by atoms with van der Waals surface area (Å²) in [6.45, 7) is 4.56. The van der Waals surface area contributed by atoms with Crippen LogP contribution in [0, 0.1) is 6.92 Å². The number of benzene rings is 2. The van der Waals surface area contributed by atoms with Crippen LogP contribution in [0.5, 0.6) is 0 Å². The van der Waals surface area contributed by atoms with E-state index in [2.05, 4.69) is 35.0 Å². The van der Waals surface area contributed by atoms with Gasteiger partial charge in [-0.3, -0.25) is 0 Å². The molecule has 5 heteroatoms. The first kappa shape index (κ1) is 16.7. The molecule has 0 fully saturated rings. The largest absolute Gasteiger partial charge is 0.322 e. The lowest BCUT2D eigenvalue weighted by Gasteiger charge is -2.28. The van der Waals surface area contributed by atoms with Crippen molar-refractivity contribution in [3.05, 3.63) is 82.6 Å². The maximum atomic E-state index is 13.1. The van der Waals surface area contributed by atoms with Crippen LogP contribution in [0.3, 0.4) is 0 Å². The second kappa shape index (κ2) is 6.54. The molecule has 3 aromatic rings. The number of fused-ring (bicyclic) bond motifs is 3. The van der Waals surface area contributed by atoms with Gasteiger partial charge in [0.2, 0.25) is 0 Å². The molecule has 1 aromatic heterocycles. The van der Waals surface area contributed by atoms with E-state index in [1.165, 1.54) is 0 Å². The van der Waals surface area contributed by atoms with E-state index >= 15 is 0 Å². The Morgan fingerprint density at radius 2 is 1.96 bits per heavy atom. The Morgan fingerprint density at radius 3 is 2.81 bits per heavy atom. The van der Waals surface area contributed by atoms with Crippen LogP contribution >= 0.6 is 11.6 Å². The first-order chi connectivity index (χ1) is 12.5. The molecule has 26 heavy (non-hydrogen) atoms. The highest BCUT2D eigenvalue weighted by Crippen LogP contribution is 2.32. The number of para-hydroxylation sites is 1. The molecule has 1 aliphatic rings. The number of anilines is 1. The quantitative estimate of drug-likeness (QED) is 0.603. The standard InChI is InChI=1S/C21H20ClN3O/c1-14-9-10-17(22)12-18(14)23-21(26)25-13-16-6-3-4-7-20(16)24-11-5-8-19(24)15(25)2/h3-12,15H,13H2,1-2H3,(H,23,26)/t15-/m1/s1. The molecule has 2 heterocycles. The van der Waals surface area contributed by atoms with Gasteiger partial charge in [0, 0.05) is 22.6 Å². The van der Waals surface area contributed by atoms with E-state index in [4.69, 9.17) is 11.6 Å². The Balaban J connectivity index is 1.71. The SMILES string of the molecule is Cc1ccc(Cl)cc1NC(=O)N1Cc2ccccc2-n2cccc2[C@H]1C. The third-order valence-electron chi connectivity index (χ3n) is 4.97. The Morgan fingerprint density at radius 1 is 1.15 bits per heavy atom. The molecule has 0 aliphatic carbocycles. The van der Waals surface area contributed by atoms with Crippen molar-refractivity contribution in [3.63, 3.8) is 0 Å². The van der Waals surface area contributed by atoms with Gasteiger partial charge in [-0.1, -0.05) is 35.9 Å². The zero-order valence-corrected chi connectivity index (χ0v) is 15.5. The predicted octanol–water partition coefficient (Wildman–Crippen LogP) is 5.55. The molecule has 0 unspecified atom stereocenters. The summed E-state index contributed by atoms with van der Waals surface area (Å²) in [4.78, 5) is 15.0. The average Bonchev–Trinajstić information content (AvgIpc) is 3.08. The molecule has 2 aromatic carbocycles. The third kappa shape index (κ3) is 2.86. The fraction of sp³-hybridized carbons (Fsp3) is 0.190. The highest BCUT2D eigenvalue weighted by atomic mass is 35.5. The fourth-order valence-electron chi connectivity index (χ4n) is 3.48. The number of nitrogens with zero attached hydrogens (tertiary/aromatic N) is 2. The first-order valence-corrected chi connectivity index (χ1v) is 9.01. The molecule has 4 rings (SSSR count). The maximum Gasteiger partial charge on any atom is 0.322 e. The van der Waals surface area contributed by atoms with E-state index < -0.39 is 0 Å². The Hall–Kier alpha value is -2.72. The smallest absolute Gasteiger partial charge is 0.318 e. The Kier molecular flexibility index (Phi) is 4.21. The number of halogens is 1. The van der Waals surface area contributed by atoms with Gasteiger partial charge in [0.05, 0.1) is 18.3 Å². The van der Waals surface area contributed by atoms with Crippen LogP contribution in [0.25, 0.3) is 5.69 Å². The van der Waals surface area contributed by atoms with E-state index in [1.54, 1.807) is 6.07 Å². The van der Waals surface area contributed by atoms with Crippen LogP contribution in [0.1, 0.15) is 29.8 Å². The topological polar surface area (TPSA) is 37.3 Å². The molecule has 4 nitrogen and oxygen atoms in total. The lowest BCUT2D eigenvalue weighted by Crippen LogP contribution is -2.36. The molecule has 0 saturated carbocycles. The molecule has 0 saturated heterocycles. The molecule has 1 aliphatic heterocycles. The normalized spacial score (nSPS) is 15.8. The van der Waals surface area contributed by atoms with E-state index in [9.17, 15) is 4.79 Å². The van der Waals surface area contributed by atoms with Crippen LogP contribution in [0.2, 0.25) is 5.02 Å². The summed E-state index contributed by atoms with van der Waals surface area (Å²) in [7, 11) is 0. The van der Waals surface area contributed by atoms with E-state index in [1.807, 2.05) is 48.4 Å². The van der Waals surface area contributed by atoms with Crippen molar-refractivity contribution in [1.82, 2.24) is 9.47 Å². The molecule has 0 spiro atoms. The fourth-order valence-corrected chi connectivity index (χ4v) is 3.65. The lowest BCUT2D eigenvalue weighted by atomic mass is 10.1. The zero-order valence-electron chi connectivity index (χ0n) is 14.7. The van der Waals surface area contributed by atoms with Gasteiger partial charge in [0.25, 0.3) is 0 Å². The second-order valence-corrected chi connectivity index (χ2v) is 7.06. The third-order valence-corrected chi connectivity index (χ3v) is 5.20. The van der Waals surface area contributed by atoms with Crippen LogP contribution in [0.4, 0.5) is 10.5 Å². The van der Waals surface area contributed by atoms with Gasteiger partial charge in [0.15, 0.2) is 0 Å². The summed E-state index contributed by atoms with van der Waals surface area (Å²) in [6, 6.07) is 17.6. The number of urea groups is 1. The number of aryl methyl sites for hydroxylation is 1. The van der Waals surface area contributed by atoms with Crippen molar-refractivity contribution in [1.29, 1.82) is 0 Å². The van der Waals surface area contributed by atoms with Gasteiger partial charge < -0.3 is 14.8 Å².